The molecule has 2 aromatic heterocycles. The van der Waals surface area contributed by atoms with Gasteiger partial charge in [-0.15, -0.1) is 0 Å². The molecule has 4 aromatic rings. The molecular formula is C29H25ClIN3O3S. The lowest BCUT2D eigenvalue weighted by atomic mass is 9.96. The molecule has 3 heterocycles. The molecule has 0 N–H and O–H groups in total. The first-order chi connectivity index (χ1) is 18.2. The van der Waals surface area contributed by atoms with E-state index in [2.05, 4.69) is 69.4 Å². The van der Waals surface area contributed by atoms with Crippen LogP contribution in [0.1, 0.15) is 42.4 Å². The summed E-state index contributed by atoms with van der Waals surface area (Å²) in [6.07, 6.45) is 1.91. The molecule has 0 amide bonds. The maximum absolute atomic E-state index is 13.9. The Bertz CT molecular complexity index is 1780. The summed E-state index contributed by atoms with van der Waals surface area (Å²) < 4.78 is 10.8. The van der Waals surface area contributed by atoms with Crippen LogP contribution in [0.3, 0.4) is 0 Å². The van der Waals surface area contributed by atoms with Crippen LogP contribution < -0.4 is 14.9 Å². The van der Waals surface area contributed by atoms with Crippen LogP contribution in [-0.4, -0.2) is 21.7 Å². The van der Waals surface area contributed by atoms with E-state index in [9.17, 15) is 9.59 Å². The lowest BCUT2D eigenvalue weighted by molar-refractivity contribution is -0.139. The van der Waals surface area contributed by atoms with E-state index in [0.29, 0.717) is 31.2 Å². The number of carbonyl (C=O) groups excluding carboxylic acids is 1. The highest BCUT2D eigenvalue weighted by Gasteiger charge is 2.34. The van der Waals surface area contributed by atoms with Gasteiger partial charge >= 0.3 is 5.97 Å². The number of aryl methyl sites for hydroxylation is 1. The van der Waals surface area contributed by atoms with Crippen LogP contribution in [0.15, 0.2) is 75.7 Å². The van der Waals surface area contributed by atoms with Crippen molar-refractivity contribution in [3.05, 3.63) is 117 Å². The lowest BCUT2D eigenvalue weighted by Gasteiger charge is -2.25. The summed E-state index contributed by atoms with van der Waals surface area (Å²) in [6, 6.07) is 16.9. The van der Waals surface area contributed by atoms with Gasteiger partial charge in [0.1, 0.15) is 6.04 Å². The second-order valence-electron chi connectivity index (χ2n) is 8.96. The summed E-state index contributed by atoms with van der Waals surface area (Å²) in [5.74, 6) is -0.506. The van der Waals surface area contributed by atoms with E-state index in [1.165, 1.54) is 14.9 Å². The van der Waals surface area contributed by atoms with Gasteiger partial charge < -0.3 is 9.30 Å². The first-order valence-electron chi connectivity index (χ1n) is 12.1. The lowest BCUT2D eigenvalue weighted by Crippen LogP contribution is -2.40. The van der Waals surface area contributed by atoms with Crippen LogP contribution in [0, 0.1) is 17.4 Å². The normalized spacial score (nSPS) is 15.4. The molecule has 6 nitrogen and oxygen atoms in total. The third kappa shape index (κ3) is 4.69. The van der Waals surface area contributed by atoms with Crippen molar-refractivity contribution in [3.8, 4) is 5.69 Å². The third-order valence-corrected chi connectivity index (χ3v) is 8.60. The van der Waals surface area contributed by atoms with Crippen molar-refractivity contribution in [2.45, 2.75) is 33.7 Å². The third-order valence-electron chi connectivity index (χ3n) is 6.56. The molecule has 0 saturated heterocycles. The highest BCUT2D eigenvalue weighted by Crippen LogP contribution is 2.34. The highest BCUT2D eigenvalue weighted by atomic mass is 127. The van der Waals surface area contributed by atoms with Gasteiger partial charge in [0.25, 0.3) is 5.56 Å². The molecule has 194 valence electrons. The minimum absolute atomic E-state index is 0.214. The molecule has 0 unspecified atom stereocenters. The Morgan fingerprint density at radius 3 is 2.55 bits per heavy atom. The Labute approximate surface area is 242 Å². The number of thiazole rings is 1. The highest BCUT2D eigenvalue weighted by molar-refractivity contribution is 14.1. The molecule has 0 fully saturated rings. The number of aromatic nitrogens is 2. The van der Waals surface area contributed by atoms with Crippen molar-refractivity contribution in [2.75, 3.05) is 6.61 Å². The molecule has 0 aliphatic carbocycles. The van der Waals surface area contributed by atoms with E-state index in [0.717, 1.165) is 22.6 Å². The SMILES string of the molecule is CCOC(=O)C1=C(C)N=c2s/c(=C\c3cc(C)n(-c4ccc(I)cc4)c3C)c(=O)n2[C@H]1c1ccccc1Cl. The zero-order valence-corrected chi connectivity index (χ0v) is 25.0. The minimum Gasteiger partial charge on any atom is -0.463 e. The van der Waals surface area contributed by atoms with Gasteiger partial charge in [-0.25, -0.2) is 9.79 Å². The van der Waals surface area contributed by atoms with Crippen LogP contribution in [0.2, 0.25) is 5.02 Å². The topological polar surface area (TPSA) is 65.6 Å². The van der Waals surface area contributed by atoms with E-state index >= 15 is 0 Å². The van der Waals surface area contributed by atoms with E-state index in [1.54, 1.807) is 24.5 Å². The average molecular weight is 658 g/mol. The van der Waals surface area contributed by atoms with E-state index in [4.69, 9.17) is 16.3 Å². The number of hydrogen-bond acceptors (Lipinski definition) is 5. The number of benzene rings is 2. The summed E-state index contributed by atoms with van der Waals surface area (Å²) in [5, 5.41) is 0.463. The number of hydrogen-bond donors (Lipinski definition) is 0. The number of fused-ring (bicyclic) bond motifs is 1. The molecule has 38 heavy (non-hydrogen) atoms. The Kier molecular flexibility index (Phi) is 7.48. The molecule has 0 spiro atoms. The quantitative estimate of drug-likeness (QED) is 0.212. The van der Waals surface area contributed by atoms with Crippen LogP contribution in [0.4, 0.5) is 0 Å². The van der Waals surface area contributed by atoms with Crippen molar-refractivity contribution >= 4 is 57.6 Å². The number of allylic oxidation sites excluding steroid dienone is 1. The van der Waals surface area contributed by atoms with Crippen molar-refractivity contribution in [2.24, 2.45) is 4.99 Å². The fourth-order valence-electron chi connectivity index (χ4n) is 4.85. The van der Waals surface area contributed by atoms with Crippen molar-refractivity contribution < 1.29 is 9.53 Å². The molecule has 0 saturated carbocycles. The number of halogens is 2. The van der Waals surface area contributed by atoms with Gasteiger partial charge in [-0.2, -0.15) is 0 Å². The second-order valence-corrected chi connectivity index (χ2v) is 11.6. The Morgan fingerprint density at radius 2 is 1.87 bits per heavy atom. The molecule has 9 heteroatoms. The number of esters is 1. The fourth-order valence-corrected chi connectivity index (χ4v) is 6.48. The summed E-state index contributed by atoms with van der Waals surface area (Å²) in [6.45, 7) is 7.83. The van der Waals surface area contributed by atoms with Gasteiger partial charge in [-0.1, -0.05) is 41.1 Å². The predicted molar refractivity (Wildman–Crippen MR) is 160 cm³/mol. The van der Waals surface area contributed by atoms with Gasteiger partial charge in [-0.3, -0.25) is 9.36 Å². The Morgan fingerprint density at radius 1 is 1.16 bits per heavy atom. The smallest absolute Gasteiger partial charge is 0.338 e. The Balaban J connectivity index is 1.70. The van der Waals surface area contributed by atoms with Crippen LogP contribution >= 0.6 is 45.5 Å². The van der Waals surface area contributed by atoms with Crippen molar-refractivity contribution in [1.29, 1.82) is 0 Å². The zero-order chi connectivity index (χ0) is 27.1. The molecule has 0 radical (unpaired) electrons. The fraction of sp³-hybridized carbons (Fsp3) is 0.207. The van der Waals surface area contributed by atoms with Gasteiger partial charge in [0.15, 0.2) is 4.80 Å². The Hall–Kier alpha value is -2.95. The molecule has 0 bridgehead atoms. The largest absolute Gasteiger partial charge is 0.463 e. The predicted octanol–water partition coefficient (Wildman–Crippen LogP) is 5.46. The standard InChI is InChI=1S/C29H25ClIN3O3S/c1-5-37-28(36)25-17(3)32-29-34(26(25)22-8-6-7-9-23(22)30)27(35)24(38-29)15-19-14-16(2)33(18(19)4)21-12-10-20(31)11-13-21/h6-15,26H,5H2,1-4H3/b24-15-/t26-/m0/s1. The summed E-state index contributed by atoms with van der Waals surface area (Å²) in [4.78, 5) is 32.1. The van der Waals surface area contributed by atoms with Crippen molar-refractivity contribution in [1.82, 2.24) is 9.13 Å². The van der Waals surface area contributed by atoms with Crippen LogP contribution in [-0.2, 0) is 9.53 Å². The molecule has 1 aliphatic rings. The number of ether oxygens (including phenoxy) is 1. The van der Waals surface area contributed by atoms with E-state index < -0.39 is 12.0 Å². The summed E-state index contributed by atoms with van der Waals surface area (Å²) >= 11 is 10.2. The average Bonchev–Trinajstić information content (AvgIpc) is 3.33. The second kappa shape index (κ2) is 10.7. The number of nitrogens with zero attached hydrogens (tertiary/aromatic N) is 3. The first kappa shape index (κ1) is 26.6. The summed E-state index contributed by atoms with van der Waals surface area (Å²) in [7, 11) is 0. The van der Waals surface area contributed by atoms with Gasteiger partial charge in [0.05, 0.1) is 22.4 Å². The molecular weight excluding hydrogens is 633 g/mol. The van der Waals surface area contributed by atoms with Gasteiger partial charge in [0.2, 0.25) is 0 Å². The summed E-state index contributed by atoms with van der Waals surface area (Å²) in [5.41, 5.74) is 5.35. The zero-order valence-electron chi connectivity index (χ0n) is 21.3. The minimum atomic E-state index is -0.736. The first-order valence-corrected chi connectivity index (χ1v) is 14.4. The maximum atomic E-state index is 13.9. The number of carbonyl (C=O) groups is 1. The van der Waals surface area contributed by atoms with Crippen molar-refractivity contribution in [3.63, 3.8) is 0 Å². The van der Waals surface area contributed by atoms with E-state index in [-0.39, 0.29) is 12.2 Å². The maximum Gasteiger partial charge on any atom is 0.338 e. The van der Waals surface area contributed by atoms with Crippen LogP contribution in [0.5, 0.6) is 0 Å². The van der Waals surface area contributed by atoms with Crippen LogP contribution in [0.25, 0.3) is 11.8 Å². The van der Waals surface area contributed by atoms with E-state index in [1.807, 2.05) is 31.2 Å². The molecule has 1 atom stereocenters. The molecule has 2 aromatic carbocycles. The molecule has 1 aliphatic heterocycles. The van der Waals surface area contributed by atoms with Gasteiger partial charge in [0, 0.05) is 25.7 Å². The van der Waals surface area contributed by atoms with Gasteiger partial charge in [-0.05, 0) is 104 Å². The monoisotopic (exact) mass is 657 g/mol. The number of rotatable bonds is 5. The molecule has 5 rings (SSSR count).